The molecule has 0 bridgehead atoms. The molecule has 1 fully saturated rings. The second kappa shape index (κ2) is 8.47. The Morgan fingerprint density at radius 3 is 2.83 bits per heavy atom. The van der Waals surface area contributed by atoms with Crippen LogP contribution in [0.25, 0.3) is 0 Å². The number of nitrogens with one attached hydrogen (secondary N) is 1. The standard InChI is InChI=1S/C16H23ClN2O3S2/c1-12-4-5-13(10-15(12)17)18-16(23)19(7-3-8-22-2)14-6-9-24(20,21)11-14/h4-5,10,14H,3,6-9,11H2,1-2H3,(H,18,23)/t14-/m0/s1. The van der Waals surface area contributed by atoms with Crippen molar-refractivity contribution in [1.29, 1.82) is 0 Å². The van der Waals surface area contributed by atoms with Gasteiger partial charge >= 0.3 is 0 Å². The molecule has 0 unspecified atom stereocenters. The van der Waals surface area contributed by atoms with Crippen molar-refractivity contribution in [3.8, 4) is 0 Å². The van der Waals surface area contributed by atoms with Crippen molar-refractivity contribution in [2.75, 3.05) is 37.1 Å². The molecule has 134 valence electrons. The van der Waals surface area contributed by atoms with Gasteiger partial charge in [0.25, 0.3) is 0 Å². The van der Waals surface area contributed by atoms with Gasteiger partial charge in [-0.15, -0.1) is 0 Å². The van der Waals surface area contributed by atoms with E-state index >= 15 is 0 Å². The molecule has 8 heteroatoms. The second-order valence-electron chi connectivity index (χ2n) is 5.99. The summed E-state index contributed by atoms with van der Waals surface area (Å²) in [4.78, 5) is 1.96. The normalized spacial score (nSPS) is 19.2. The number of thiocarbonyl (C=S) groups is 1. The van der Waals surface area contributed by atoms with Crippen molar-refractivity contribution in [1.82, 2.24) is 4.90 Å². The number of halogens is 1. The first kappa shape index (κ1) is 19.4. The smallest absolute Gasteiger partial charge is 0.173 e. The van der Waals surface area contributed by atoms with Gasteiger partial charge in [0.2, 0.25) is 0 Å². The predicted octanol–water partition coefficient (Wildman–Crippen LogP) is 2.87. The highest BCUT2D eigenvalue weighted by molar-refractivity contribution is 7.91. The highest BCUT2D eigenvalue weighted by Gasteiger charge is 2.33. The van der Waals surface area contributed by atoms with Gasteiger partial charge in [0.1, 0.15) is 0 Å². The van der Waals surface area contributed by atoms with E-state index in [4.69, 9.17) is 28.6 Å². The molecule has 0 spiro atoms. The number of methoxy groups -OCH3 is 1. The Kier molecular flexibility index (Phi) is 6.86. The van der Waals surface area contributed by atoms with Gasteiger partial charge in [-0.3, -0.25) is 0 Å². The summed E-state index contributed by atoms with van der Waals surface area (Å²) in [6.07, 6.45) is 1.38. The molecule has 1 N–H and O–H groups in total. The van der Waals surface area contributed by atoms with E-state index < -0.39 is 9.84 Å². The van der Waals surface area contributed by atoms with Crippen LogP contribution >= 0.6 is 23.8 Å². The molecule has 5 nitrogen and oxygen atoms in total. The van der Waals surface area contributed by atoms with Gasteiger partial charge in [0, 0.05) is 37.0 Å². The number of benzene rings is 1. The third-order valence-corrected chi connectivity index (χ3v) is 6.57. The fraction of sp³-hybridized carbons (Fsp3) is 0.562. The van der Waals surface area contributed by atoms with Crippen molar-refractivity contribution >= 4 is 44.5 Å². The lowest BCUT2D eigenvalue weighted by atomic mass is 10.2. The van der Waals surface area contributed by atoms with E-state index in [-0.39, 0.29) is 17.5 Å². The molecule has 24 heavy (non-hydrogen) atoms. The summed E-state index contributed by atoms with van der Waals surface area (Å²) >= 11 is 11.7. The zero-order valence-corrected chi connectivity index (χ0v) is 16.3. The number of nitrogens with zero attached hydrogens (tertiary/aromatic N) is 1. The van der Waals surface area contributed by atoms with Crippen LogP contribution in [0.5, 0.6) is 0 Å². The van der Waals surface area contributed by atoms with Crippen LogP contribution in [0, 0.1) is 6.92 Å². The maximum absolute atomic E-state index is 11.8. The third-order valence-electron chi connectivity index (χ3n) is 4.08. The highest BCUT2D eigenvalue weighted by Crippen LogP contribution is 2.22. The van der Waals surface area contributed by atoms with E-state index in [1.54, 1.807) is 7.11 Å². The molecule has 1 aromatic rings. The summed E-state index contributed by atoms with van der Waals surface area (Å²) in [6.45, 7) is 3.19. The molecular weight excluding hydrogens is 368 g/mol. The van der Waals surface area contributed by atoms with Crippen LogP contribution in [0.1, 0.15) is 18.4 Å². The third kappa shape index (κ3) is 5.31. The Balaban J connectivity index is 2.09. The molecule has 2 rings (SSSR count). The number of hydrogen-bond donors (Lipinski definition) is 1. The molecule has 1 aliphatic rings. The molecule has 0 aromatic heterocycles. The highest BCUT2D eigenvalue weighted by atomic mass is 35.5. The molecular formula is C16H23ClN2O3S2. The van der Waals surface area contributed by atoms with Gasteiger partial charge in [0.05, 0.1) is 11.5 Å². The lowest BCUT2D eigenvalue weighted by Gasteiger charge is -2.31. The Morgan fingerprint density at radius 1 is 1.50 bits per heavy atom. The Labute approximate surface area is 154 Å². The van der Waals surface area contributed by atoms with Crippen LogP contribution in [0.4, 0.5) is 5.69 Å². The molecule has 0 aliphatic carbocycles. The molecule has 1 aliphatic heterocycles. The number of ether oxygens (including phenoxy) is 1. The van der Waals surface area contributed by atoms with Crippen LogP contribution < -0.4 is 5.32 Å². The topological polar surface area (TPSA) is 58.6 Å². The monoisotopic (exact) mass is 390 g/mol. The molecule has 0 amide bonds. The maximum atomic E-state index is 11.8. The van der Waals surface area contributed by atoms with Gasteiger partial charge in [-0.25, -0.2) is 8.42 Å². The molecule has 1 aromatic carbocycles. The Hall–Kier alpha value is -0.890. The van der Waals surface area contributed by atoms with Crippen molar-refractivity contribution < 1.29 is 13.2 Å². The number of rotatable bonds is 6. The fourth-order valence-electron chi connectivity index (χ4n) is 2.72. The first-order chi connectivity index (χ1) is 11.3. The van der Waals surface area contributed by atoms with E-state index in [9.17, 15) is 8.42 Å². The quantitative estimate of drug-likeness (QED) is 0.595. The zero-order chi connectivity index (χ0) is 17.7. The first-order valence-electron chi connectivity index (χ1n) is 7.85. The van der Waals surface area contributed by atoms with Gasteiger partial charge in [0.15, 0.2) is 14.9 Å². The van der Waals surface area contributed by atoms with Gasteiger partial charge in [-0.2, -0.15) is 0 Å². The largest absolute Gasteiger partial charge is 0.385 e. The summed E-state index contributed by atoms with van der Waals surface area (Å²) in [5.41, 5.74) is 1.79. The van der Waals surface area contributed by atoms with Crippen molar-refractivity contribution in [2.45, 2.75) is 25.8 Å². The van der Waals surface area contributed by atoms with E-state index in [0.717, 1.165) is 17.7 Å². The van der Waals surface area contributed by atoms with E-state index in [0.29, 0.717) is 29.7 Å². The van der Waals surface area contributed by atoms with Crippen LogP contribution in [0.15, 0.2) is 18.2 Å². The molecule has 1 atom stereocenters. The minimum atomic E-state index is -2.97. The van der Waals surface area contributed by atoms with Gasteiger partial charge in [-0.05, 0) is 49.7 Å². The van der Waals surface area contributed by atoms with Crippen LogP contribution in [-0.4, -0.2) is 56.2 Å². The molecule has 0 saturated carbocycles. The van der Waals surface area contributed by atoms with Gasteiger partial charge < -0.3 is 15.0 Å². The molecule has 1 heterocycles. The summed E-state index contributed by atoms with van der Waals surface area (Å²) in [5.74, 6) is 0.369. The number of aryl methyl sites for hydroxylation is 1. The average molecular weight is 391 g/mol. The predicted molar refractivity (Wildman–Crippen MR) is 103 cm³/mol. The summed E-state index contributed by atoms with van der Waals surface area (Å²) in [6, 6.07) is 5.56. The maximum Gasteiger partial charge on any atom is 0.173 e. The zero-order valence-electron chi connectivity index (χ0n) is 13.9. The fourth-order valence-corrected chi connectivity index (χ4v) is 4.99. The summed E-state index contributed by atoms with van der Waals surface area (Å²) in [5, 5.41) is 4.36. The minimum absolute atomic E-state index is 0.0900. The summed E-state index contributed by atoms with van der Waals surface area (Å²) in [7, 11) is -1.32. The van der Waals surface area contributed by atoms with Crippen molar-refractivity contribution in [2.24, 2.45) is 0 Å². The van der Waals surface area contributed by atoms with Crippen LogP contribution in [-0.2, 0) is 14.6 Å². The van der Waals surface area contributed by atoms with E-state index in [2.05, 4.69) is 5.32 Å². The average Bonchev–Trinajstić information content (AvgIpc) is 2.87. The van der Waals surface area contributed by atoms with Gasteiger partial charge in [-0.1, -0.05) is 17.7 Å². The SMILES string of the molecule is COCCCN(C(=S)Nc1ccc(C)c(Cl)c1)[C@H]1CCS(=O)(=O)C1. The van der Waals surface area contributed by atoms with Crippen molar-refractivity contribution in [3.05, 3.63) is 28.8 Å². The Morgan fingerprint density at radius 2 is 2.25 bits per heavy atom. The van der Waals surface area contributed by atoms with Crippen LogP contribution in [0.2, 0.25) is 5.02 Å². The molecule has 1 saturated heterocycles. The number of hydrogen-bond acceptors (Lipinski definition) is 4. The second-order valence-corrected chi connectivity index (χ2v) is 9.01. The lowest BCUT2D eigenvalue weighted by molar-refractivity contribution is 0.181. The van der Waals surface area contributed by atoms with E-state index in [1.165, 1.54) is 0 Å². The number of anilines is 1. The first-order valence-corrected chi connectivity index (χ1v) is 10.5. The molecule has 0 radical (unpaired) electrons. The van der Waals surface area contributed by atoms with Crippen LogP contribution in [0.3, 0.4) is 0 Å². The minimum Gasteiger partial charge on any atom is -0.385 e. The number of sulfone groups is 1. The Bertz CT molecular complexity index is 695. The van der Waals surface area contributed by atoms with E-state index in [1.807, 2.05) is 30.0 Å². The van der Waals surface area contributed by atoms with Crippen molar-refractivity contribution in [3.63, 3.8) is 0 Å². The summed E-state index contributed by atoms with van der Waals surface area (Å²) < 4.78 is 28.7. The lowest BCUT2D eigenvalue weighted by Crippen LogP contribution is -2.44.